The lowest BCUT2D eigenvalue weighted by Crippen LogP contribution is -2.58. The average Bonchev–Trinajstić information content (AvgIpc) is 3.20. The number of anilines is 1. The van der Waals surface area contributed by atoms with E-state index in [0.717, 1.165) is 11.1 Å². The summed E-state index contributed by atoms with van der Waals surface area (Å²) in [5, 5.41) is 8.66. The molecule has 32 heavy (non-hydrogen) atoms. The number of carbonyl (C=O) groups excluding carboxylic acids is 3. The molecule has 0 bridgehead atoms. The highest BCUT2D eigenvalue weighted by molar-refractivity contribution is 6.06. The first-order chi connectivity index (χ1) is 15.3. The van der Waals surface area contributed by atoms with Gasteiger partial charge in [0.1, 0.15) is 17.9 Å². The largest absolute Gasteiger partial charge is 0.350 e. The summed E-state index contributed by atoms with van der Waals surface area (Å²) in [4.78, 5) is 45.1. The average molecular weight is 438 g/mol. The molecule has 3 atom stereocenters. The molecule has 3 unspecified atom stereocenters. The first kappa shape index (κ1) is 23.4. The van der Waals surface area contributed by atoms with E-state index in [0.29, 0.717) is 18.8 Å². The van der Waals surface area contributed by atoms with Crippen LogP contribution in [0.15, 0.2) is 48.7 Å². The van der Waals surface area contributed by atoms with Crippen LogP contribution in [0, 0.1) is 5.92 Å². The SMILES string of the molecule is CNC(C)C(=O)NC(C(=O)N1c2ncccc2CC1C(=O)NCc1ccccc1)C(C)C. The lowest BCUT2D eigenvalue weighted by Gasteiger charge is -2.31. The van der Waals surface area contributed by atoms with Gasteiger partial charge in [0, 0.05) is 19.2 Å². The summed E-state index contributed by atoms with van der Waals surface area (Å²) in [5.41, 5.74) is 1.80. The Morgan fingerprint density at radius 3 is 2.47 bits per heavy atom. The van der Waals surface area contributed by atoms with Crippen LogP contribution in [-0.4, -0.2) is 47.9 Å². The fourth-order valence-electron chi connectivity index (χ4n) is 3.70. The first-order valence-corrected chi connectivity index (χ1v) is 10.9. The summed E-state index contributed by atoms with van der Waals surface area (Å²) >= 11 is 0. The number of benzene rings is 1. The Kier molecular flexibility index (Phi) is 7.58. The van der Waals surface area contributed by atoms with Crippen molar-refractivity contribution < 1.29 is 14.4 Å². The highest BCUT2D eigenvalue weighted by atomic mass is 16.2. The van der Waals surface area contributed by atoms with Crippen molar-refractivity contribution in [2.45, 2.75) is 51.9 Å². The van der Waals surface area contributed by atoms with Gasteiger partial charge in [0.15, 0.2) is 0 Å². The maximum atomic E-state index is 13.7. The minimum Gasteiger partial charge on any atom is -0.350 e. The highest BCUT2D eigenvalue weighted by Crippen LogP contribution is 2.31. The summed E-state index contributed by atoms with van der Waals surface area (Å²) in [6, 6.07) is 11.3. The second-order valence-electron chi connectivity index (χ2n) is 8.36. The van der Waals surface area contributed by atoms with Crippen LogP contribution < -0.4 is 20.9 Å². The van der Waals surface area contributed by atoms with Gasteiger partial charge >= 0.3 is 0 Å². The Bertz CT molecular complexity index is 963. The summed E-state index contributed by atoms with van der Waals surface area (Å²) in [5.74, 6) is -0.563. The molecular weight excluding hydrogens is 406 g/mol. The number of rotatable bonds is 8. The van der Waals surface area contributed by atoms with Crippen LogP contribution in [0.1, 0.15) is 31.9 Å². The molecule has 2 heterocycles. The van der Waals surface area contributed by atoms with Gasteiger partial charge in [-0.3, -0.25) is 19.3 Å². The summed E-state index contributed by atoms with van der Waals surface area (Å²) < 4.78 is 0. The number of aromatic nitrogens is 1. The van der Waals surface area contributed by atoms with Crippen LogP contribution in [0.5, 0.6) is 0 Å². The minimum absolute atomic E-state index is 0.170. The van der Waals surface area contributed by atoms with Gasteiger partial charge in [0.25, 0.3) is 5.91 Å². The quantitative estimate of drug-likeness (QED) is 0.579. The Balaban J connectivity index is 1.84. The van der Waals surface area contributed by atoms with E-state index in [1.54, 1.807) is 26.2 Å². The lowest BCUT2D eigenvalue weighted by molar-refractivity contribution is -0.131. The molecule has 1 aliphatic heterocycles. The van der Waals surface area contributed by atoms with Crippen molar-refractivity contribution in [1.82, 2.24) is 20.9 Å². The van der Waals surface area contributed by atoms with E-state index in [1.165, 1.54) is 4.90 Å². The number of nitrogens with zero attached hydrogens (tertiary/aromatic N) is 2. The fourth-order valence-corrected chi connectivity index (χ4v) is 3.70. The molecule has 0 radical (unpaired) electrons. The van der Waals surface area contributed by atoms with Gasteiger partial charge in [-0.2, -0.15) is 0 Å². The molecule has 3 amide bonds. The number of hydrogen-bond donors (Lipinski definition) is 3. The Morgan fingerprint density at radius 1 is 1.09 bits per heavy atom. The summed E-state index contributed by atoms with van der Waals surface area (Å²) in [6.45, 7) is 5.83. The number of amides is 3. The van der Waals surface area contributed by atoms with Crippen LogP contribution >= 0.6 is 0 Å². The zero-order chi connectivity index (χ0) is 23.3. The first-order valence-electron chi connectivity index (χ1n) is 10.9. The van der Waals surface area contributed by atoms with Crippen LogP contribution in [0.3, 0.4) is 0 Å². The smallest absolute Gasteiger partial charge is 0.251 e. The molecule has 1 aliphatic rings. The van der Waals surface area contributed by atoms with Crippen molar-refractivity contribution in [1.29, 1.82) is 0 Å². The predicted molar refractivity (Wildman–Crippen MR) is 123 cm³/mol. The van der Waals surface area contributed by atoms with Crippen LogP contribution in [0.25, 0.3) is 0 Å². The lowest BCUT2D eigenvalue weighted by atomic mass is 10.0. The molecular formula is C24H31N5O3. The molecule has 1 aromatic heterocycles. The van der Waals surface area contributed by atoms with E-state index in [-0.39, 0.29) is 23.6 Å². The minimum atomic E-state index is -0.782. The van der Waals surface area contributed by atoms with E-state index >= 15 is 0 Å². The number of nitrogens with one attached hydrogen (secondary N) is 3. The van der Waals surface area contributed by atoms with Crippen molar-refractivity contribution in [2.24, 2.45) is 5.92 Å². The van der Waals surface area contributed by atoms with E-state index < -0.39 is 18.1 Å². The number of likely N-dealkylation sites (N-methyl/N-ethyl adjacent to an activating group) is 1. The van der Waals surface area contributed by atoms with Gasteiger partial charge in [-0.1, -0.05) is 50.2 Å². The molecule has 0 aliphatic carbocycles. The van der Waals surface area contributed by atoms with Gasteiger partial charge in [0.2, 0.25) is 11.8 Å². The Labute approximate surface area is 188 Å². The van der Waals surface area contributed by atoms with Crippen molar-refractivity contribution >= 4 is 23.5 Å². The van der Waals surface area contributed by atoms with Gasteiger partial charge in [0.05, 0.1) is 6.04 Å². The van der Waals surface area contributed by atoms with E-state index in [1.807, 2.05) is 50.2 Å². The Morgan fingerprint density at radius 2 is 1.81 bits per heavy atom. The van der Waals surface area contributed by atoms with E-state index in [4.69, 9.17) is 0 Å². The molecule has 0 saturated heterocycles. The molecule has 3 rings (SSSR count). The van der Waals surface area contributed by atoms with Gasteiger partial charge in [-0.05, 0) is 37.1 Å². The molecule has 8 heteroatoms. The van der Waals surface area contributed by atoms with Crippen molar-refractivity contribution in [2.75, 3.05) is 11.9 Å². The monoisotopic (exact) mass is 437 g/mol. The van der Waals surface area contributed by atoms with Crippen LogP contribution in [0.4, 0.5) is 5.82 Å². The molecule has 170 valence electrons. The van der Waals surface area contributed by atoms with E-state index in [2.05, 4.69) is 20.9 Å². The normalized spacial score (nSPS) is 16.9. The van der Waals surface area contributed by atoms with Gasteiger partial charge < -0.3 is 16.0 Å². The topological polar surface area (TPSA) is 103 Å². The summed E-state index contributed by atoms with van der Waals surface area (Å²) in [7, 11) is 1.68. The molecule has 0 spiro atoms. The van der Waals surface area contributed by atoms with Crippen molar-refractivity contribution in [3.05, 3.63) is 59.8 Å². The predicted octanol–water partition coefficient (Wildman–Crippen LogP) is 1.40. The standard InChI is InChI=1S/C24H31N5O3/c1-15(2)20(28-22(30)16(3)25-4)24(32)29-19(13-18-11-8-12-26-21(18)29)23(31)27-14-17-9-6-5-7-10-17/h5-12,15-16,19-20,25H,13-14H2,1-4H3,(H,27,31)(H,28,30). The maximum Gasteiger partial charge on any atom is 0.251 e. The zero-order valence-corrected chi connectivity index (χ0v) is 19.0. The highest BCUT2D eigenvalue weighted by Gasteiger charge is 2.42. The van der Waals surface area contributed by atoms with Crippen LogP contribution in [0.2, 0.25) is 0 Å². The van der Waals surface area contributed by atoms with Crippen molar-refractivity contribution in [3.8, 4) is 0 Å². The third-order valence-corrected chi connectivity index (χ3v) is 5.73. The molecule has 8 nitrogen and oxygen atoms in total. The third kappa shape index (κ3) is 5.13. The number of carbonyl (C=O) groups is 3. The second kappa shape index (κ2) is 10.4. The zero-order valence-electron chi connectivity index (χ0n) is 19.0. The Hall–Kier alpha value is -3.26. The van der Waals surface area contributed by atoms with Gasteiger partial charge in [-0.15, -0.1) is 0 Å². The van der Waals surface area contributed by atoms with Gasteiger partial charge in [-0.25, -0.2) is 4.98 Å². The second-order valence-corrected chi connectivity index (χ2v) is 8.36. The molecule has 0 fully saturated rings. The van der Waals surface area contributed by atoms with Crippen LogP contribution in [-0.2, 0) is 27.3 Å². The number of pyridine rings is 1. The molecule has 2 aromatic rings. The number of hydrogen-bond acceptors (Lipinski definition) is 5. The third-order valence-electron chi connectivity index (χ3n) is 5.73. The fraction of sp³-hybridized carbons (Fsp3) is 0.417. The maximum absolute atomic E-state index is 13.7. The summed E-state index contributed by atoms with van der Waals surface area (Å²) in [6.07, 6.45) is 1.98. The molecule has 0 saturated carbocycles. The number of fused-ring (bicyclic) bond motifs is 1. The molecule has 1 aromatic carbocycles. The molecule has 3 N–H and O–H groups in total. The van der Waals surface area contributed by atoms with Crippen molar-refractivity contribution in [3.63, 3.8) is 0 Å². The van der Waals surface area contributed by atoms with E-state index in [9.17, 15) is 14.4 Å².